The molecular formula is C10H16O3. The molecule has 0 fully saturated rings. The van der Waals surface area contributed by atoms with Gasteiger partial charge >= 0.3 is 5.97 Å². The molecule has 0 atom stereocenters. The summed E-state index contributed by atoms with van der Waals surface area (Å²) in [4.78, 5) is 11.1. The molecule has 0 heterocycles. The third kappa shape index (κ3) is 3.78. The van der Waals surface area contributed by atoms with Gasteiger partial charge in [0, 0.05) is 0 Å². The van der Waals surface area contributed by atoms with Crippen molar-refractivity contribution in [1.29, 1.82) is 0 Å². The van der Waals surface area contributed by atoms with Crippen LogP contribution in [0, 0.1) is 0 Å². The van der Waals surface area contributed by atoms with Gasteiger partial charge in [0.1, 0.15) is 5.76 Å². The van der Waals surface area contributed by atoms with Crippen molar-refractivity contribution in [2.75, 3.05) is 13.7 Å². The Bertz CT molecular complexity index is 216. The van der Waals surface area contributed by atoms with Crippen molar-refractivity contribution in [3.63, 3.8) is 0 Å². The summed E-state index contributed by atoms with van der Waals surface area (Å²) in [5.74, 6) is 0.111. The molecule has 0 saturated carbocycles. The standard InChI is InChI=1S/C10H16O3/c1-5-7-13-9(6-2)8(3)10(11)12-4/h6H,2,5,7H2,1,3-4H3. The lowest BCUT2D eigenvalue weighted by atomic mass is 10.2. The topological polar surface area (TPSA) is 35.5 Å². The van der Waals surface area contributed by atoms with E-state index in [1.807, 2.05) is 6.92 Å². The van der Waals surface area contributed by atoms with Gasteiger partial charge in [-0.1, -0.05) is 13.5 Å². The Hall–Kier alpha value is -1.25. The summed E-state index contributed by atoms with van der Waals surface area (Å²) in [5, 5.41) is 0. The van der Waals surface area contributed by atoms with Crippen molar-refractivity contribution in [2.45, 2.75) is 20.3 Å². The average Bonchev–Trinajstić information content (AvgIpc) is 2.17. The van der Waals surface area contributed by atoms with Crippen molar-refractivity contribution in [2.24, 2.45) is 0 Å². The maximum Gasteiger partial charge on any atom is 0.337 e. The highest BCUT2D eigenvalue weighted by Crippen LogP contribution is 2.08. The minimum absolute atomic E-state index is 0.383. The van der Waals surface area contributed by atoms with Crippen molar-refractivity contribution in [3.8, 4) is 0 Å². The van der Waals surface area contributed by atoms with E-state index in [1.165, 1.54) is 13.2 Å². The summed E-state index contributed by atoms with van der Waals surface area (Å²) in [5.41, 5.74) is 0.450. The van der Waals surface area contributed by atoms with Gasteiger partial charge in [0.25, 0.3) is 0 Å². The molecule has 0 aromatic carbocycles. The van der Waals surface area contributed by atoms with Gasteiger partial charge in [0.15, 0.2) is 0 Å². The average molecular weight is 184 g/mol. The fourth-order valence-electron chi connectivity index (χ4n) is 0.786. The van der Waals surface area contributed by atoms with E-state index < -0.39 is 0 Å². The van der Waals surface area contributed by atoms with Crippen LogP contribution in [0.5, 0.6) is 0 Å². The molecule has 0 aliphatic carbocycles. The summed E-state index contributed by atoms with van der Waals surface area (Å²) in [6, 6.07) is 0. The molecule has 0 aromatic rings. The van der Waals surface area contributed by atoms with Crippen molar-refractivity contribution in [1.82, 2.24) is 0 Å². The van der Waals surface area contributed by atoms with Crippen LogP contribution in [-0.4, -0.2) is 19.7 Å². The maximum atomic E-state index is 11.1. The summed E-state index contributed by atoms with van der Waals surface area (Å²) >= 11 is 0. The normalized spacial score (nSPS) is 11.6. The van der Waals surface area contributed by atoms with Gasteiger partial charge < -0.3 is 9.47 Å². The summed E-state index contributed by atoms with van der Waals surface area (Å²) in [6.45, 7) is 7.79. The molecular weight excluding hydrogens is 168 g/mol. The quantitative estimate of drug-likeness (QED) is 0.284. The first-order valence-corrected chi connectivity index (χ1v) is 4.21. The highest BCUT2D eigenvalue weighted by atomic mass is 16.5. The van der Waals surface area contributed by atoms with E-state index in [1.54, 1.807) is 6.92 Å². The Morgan fingerprint density at radius 2 is 2.15 bits per heavy atom. The fourth-order valence-corrected chi connectivity index (χ4v) is 0.786. The maximum absolute atomic E-state index is 11.1. The Kier molecular flexibility index (Phi) is 5.68. The highest BCUT2D eigenvalue weighted by molar-refractivity contribution is 5.88. The van der Waals surface area contributed by atoms with Crippen LogP contribution in [0.25, 0.3) is 0 Å². The van der Waals surface area contributed by atoms with Crippen LogP contribution in [0.1, 0.15) is 20.3 Å². The van der Waals surface area contributed by atoms with Crippen LogP contribution in [0.3, 0.4) is 0 Å². The van der Waals surface area contributed by atoms with E-state index in [9.17, 15) is 4.79 Å². The van der Waals surface area contributed by atoms with Gasteiger partial charge in [-0.2, -0.15) is 0 Å². The third-order valence-corrected chi connectivity index (χ3v) is 1.51. The monoisotopic (exact) mass is 184 g/mol. The lowest BCUT2D eigenvalue weighted by molar-refractivity contribution is -0.136. The van der Waals surface area contributed by atoms with Crippen LogP contribution >= 0.6 is 0 Å². The Balaban J connectivity index is 4.48. The second-order valence-electron chi connectivity index (χ2n) is 2.53. The van der Waals surface area contributed by atoms with Crippen LogP contribution in [0.15, 0.2) is 24.0 Å². The number of esters is 1. The molecule has 3 heteroatoms. The Labute approximate surface area is 79.0 Å². The van der Waals surface area contributed by atoms with Crippen LogP contribution < -0.4 is 0 Å². The molecule has 0 rings (SSSR count). The predicted molar refractivity (Wildman–Crippen MR) is 51.2 cm³/mol. The number of rotatable bonds is 5. The van der Waals surface area contributed by atoms with E-state index in [0.29, 0.717) is 17.9 Å². The first-order valence-electron chi connectivity index (χ1n) is 4.21. The van der Waals surface area contributed by atoms with Gasteiger partial charge in [0.05, 0.1) is 19.3 Å². The minimum atomic E-state index is -0.383. The smallest absolute Gasteiger partial charge is 0.337 e. The van der Waals surface area contributed by atoms with Gasteiger partial charge in [0.2, 0.25) is 0 Å². The Morgan fingerprint density at radius 3 is 2.54 bits per heavy atom. The zero-order chi connectivity index (χ0) is 10.3. The van der Waals surface area contributed by atoms with Crippen molar-refractivity contribution < 1.29 is 14.3 Å². The Morgan fingerprint density at radius 1 is 1.54 bits per heavy atom. The zero-order valence-corrected chi connectivity index (χ0v) is 8.42. The SMILES string of the molecule is C=CC(OCCC)=C(C)C(=O)OC. The lowest BCUT2D eigenvalue weighted by Crippen LogP contribution is -2.06. The lowest BCUT2D eigenvalue weighted by Gasteiger charge is -2.08. The van der Waals surface area contributed by atoms with E-state index in [2.05, 4.69) is 11.3 Å². The second kappa shape index (κ2) is 6.29. The van der Waals surface area contributed by atoms with Crippen LogP contribution in [0.4, 0.5) is 0 Å². The largest absolute Gasteiger partial charge is 0.493 e. The molecule has 0 aliphatic heterocycles. The van der Waals surface area contributed by atoms with Crippen molar-refractivity contribution in [3.05, 3.63) is 24.0 Å². The molecule has 0 radical (unpaired) electrons. The highest BCUT2D eigenvalue weighted by Gasteiger charge is 2.09. The summed E-state index contributed by atoms with van der Waals surface area (Å²) in [6.07, 6.45) is 2.41. The first kappa shape index (κ1) is 11.8. The molecule has 0 saturated heterocycles. The summed E-state index contributed by atoms with van der Waals surface area (Å²) in [7, 11) is 1.34. The zero-order valence-electron chi connectivity index (χ0n) is 8.42. The first-order chi connectivity index (χ1) is 6.17. The molecule has 74 valence electrons. The van der Waals surface area contributed by atoms with E-state index in [4.69, 9.17) is 4.74 Å². The molecule has 3 nitrogen and oxygen atoms in total. The second-order valence-corrected chi connectivity index (χ2v) is 2.53. The molecule has 13 heavy (non-hydrogen) atoms. The molecule has 0 unspecified atom stereocenters. The minimum Gasteiger partial charge on any atom is -0.493 e. The van der Waals surface area contributed by atoms with Crippen LogP contribution in [0.2, 0.25) is 0 Å². The van der Waals surface area contributed by atoms with Gasteiger partial charge in [-0.05, 0) is 19.4 Å². The van der Waals surface area contributed by atoms with E-state index in [-0.39, 0.29) is 5.97 Å². The number of carbonyl (C=O) groups is 1. The number of hydrogen-bond donors (Lipinski definition) is 0. The molecule has 0 spiro atoms. The predicted octanol–water partition coefficient (Wildman–Crippen LogP) is 2.05. The van der Waals surface area contributed by atoms with Gasteiger partial charge in [-0.25, -0.2) is 4.79 Å². The van der Waals surface area contributed by atoms with Crippen molar-refractivity contribution >= 4 is 5.97 Å². The molecule has 0 amide bonds. The molecule has 0 aliphatic rings. The molecule has 0 aromatic heterocycles. The van der Waals surface area contributed by atoms with Gasteiger partial charge in [-0.15, -0.1) is 0 Å². The molecule has 0 N–H and O–H groups in total. The number of ether oxygens (including phenoxy) is 2. The number of carbonyl (C=O) groups excluding carboxylic acids is 1. The van der Waals surface area contributed by atoms with Gasteiger partial charge in [-0.3, -0.25) is 0 Å². The number of allylic oxidation sites excluding steroid dienone is 1. The van der Waals surface area contributed by atoms with Crippen LogP contribution in [-0.2, 0) is 14.3 Å². The number of hydrogen-bond acceptors (Lipinski definition) is 3. The number of methoxy groups -OCH3 is 1. The van der Waals surface area contributed by atoms with E-state index >= 15 is 0 Å². The summed E-state index contributed by atoms with van der Waals surface area (Å²) < 4.78 is 9.84. The molecule has 0 bridgehead atoms. The third-order valence-electron chi connectivity index (χ3n) is 1.51. The fraction of sp³-hybridized carbons (Fsp3) is 0.500. The van der Waals surface area contributed by atoms with E-state index in [0.717, 1.165) is 6.42 Å².